The summed E-state index contributed by atoms with van der Waals surface area (Å²) in [5.41, 5.74) is 2.39. The molecule has 0 heterocycles. The molecular weight excluding hydrogens is 428 g/mol. The first-order valence-electron chi connectivity index (χ1n) is 10.8. The van der Waals surface area contributed by atoms with Gasteiger partial charge in [-0.05, 0) is 49.9 Å². The molecule has 0 unspecified atom stereocenters. The molecule has 2 amide bonds. The fourth-order valence-corrected chi connectivity index (χ4v) is 3.33. The zero-order valence-electron chi connectivity index (χ0n) is 18.8. The molecule has 0 saturated heterocycles. The van der Waals surface area contributed by atoms with Gasteiger partial charge in [-0.2, -0.15) is 0 Å². The number of amides is 2. The van der Waals surface area contributed by atoms with Crippen molar-refractivity contribution in [3.05, 3.63) is 67.8 Å². The fraction of sp³-hybridized carbons (Fsp3) is 0.391. The normalized spacial score (nSPS) is 10.5. The second kappa shape index (κ2) is 12.3. The van der Waals surface area contributed by atoms with Crippen molar-refractivity contribution in [2.45, 2.75) is 58.8 Å². The molecule has 0 saturated carbocycles. The monoisotopic (exact) mass is 456 g/mol. The summed E-state index contributed by atoms with van der Waals surface area (Å²) in [6, 6.07) is 8.65. The number of nitrogens with one attached hydrogen (secondary N) is 2. The molecular formula is C23H28N4O6. The largest absolute Gasteiger partial charge is 0.326 e. The second-order valence-electron chi connectivity index (χ2n) is 7.88. The lowest BCUT2D eigenvalue weighted by Gasteiger charge is -2.09. The fourth-order valence-electron chi connectivity index (χ4n) is 3.33. The van der Waals surface area contributed by atoms with Crippen LogP contribution in [0.15, 0.2) is 36.4 Å². The van der Waals surface area contributed by atoms with E-state index in [0.717, 1.165) is 19.3 Å². The highest BCUT2D eigenvalue weighted by molar-refractivity contribution is 5.92. The van der Waals surface area contributed by atoms with Crippen LogP contribution in [0.5, 0.6) is 0 Å². The lowest BCUT2D eigenvalue weighted by molar-refractivity contribution is -0.385. The van der Waals surface area contributed by atoms with E-state index < -0.39 is 9.85 Å². The van der Waals surface area contributed by atoms with E-state index in [1.54, 1.807) is 13.8 Å². The predicted octanol–water partition coefficient (Wildman–Crippen LogP) is 5.43. The molecule has 0 aliphatic rings. The van der Waals surface area contributed by atoms with Gasteiger partial charge < -0.3 is 10.6 Å². The molecule has 0 fully saturated rings. The van der Waals surface area contributed by atoms with E-state index in [2.05, 4.69) is 10.6 Å². The van der Waals surface area contributed by atoms with Gasteiger partial charge in [0.2, 0.25) is 11.8 Å². The molecule has 0 aliphatic carbocycles. The predicted molar refractivity (Wildman–Crippen MR) is 125 cm³/mol. The SMILES string of the molecule is Cc1cc([N+](=O)[O-])ccc1NC(=O)CCCCCCCC(=O)Nc1ccc([N+](=O)[O-])cc1C. The van der Waals surface area contributed by atoms with Gasteiger partial charge in [-0.3, -0.25) is 29.8 Å². The first-order chi connectivity index (χ1) is 15.7. The third kappa shape index (κ3) is 8.32. The number of nitrogens with zero attached hydrogens (tertiary/aromatic N) is 2. The Morgan fingerprint density at radius 3 is 1.39 bits per heavy atom. The van der Waals surface area contributed by atoms with Gasteiger partial charge in [-0.15, -0.1) is 0 Å². The van der Waals surface area contributed by atoms with E-state index in [-0.39, 0.29) is 23.2 Å². The molecule has 10 heteroatoms. The van der Waals surface area contributed by atoms with Gasteiger partial charge in [0.1, 0.15) is 0 Å². The summed E-state index contributed by atoms with van der Waals surface area (Å²) >= 11 is 0. The molecule has 0 bridgehead atoms. The second-order valence-corrected chi connectivity index (χ2v) is 7.88. The molecule has 0 spiro atoms. The number of hydrogen-bond donors (Lipinski definition) is 2. The molecule has 2 aromatic rings. The Morgan fingerprint density at radius 1 is 0.697 bits per heavy atom. The van der Waals surface area contributed by atoms with Crippen LogP contribution in [0.4, 0.5) is 22.7 Å². The molecule has 0 radical (unpaired) electrons. The third-order valence-corrected chi connectivity index (χ3v) is 5.20. The number of nitro benzene ring substituents is 2. The van der Waals surface area contributed by atoms with E-state index in [4.69, 9.17) is 0 Å². The van der Waals surface area contributed by atoms with Crippen molar-refractivity contribution in [3.63, 3.8) is 0 Å². The topological polar surface area (TPSA) is 144 Å². The van der Waals surface area contributed by atoms with Crippen molar-refractivity contribution in [1.29, 1.82) is 0 Å². The molecule has 33 heavy (non-hydrogen) atoms. The lowest BCUT2D eigenvalue weighted by atomic mass is 10.1. The van der Waals surface area contributed by atoms with Gasteiger partial charge in [0.15, 0.2) is 0 Å². The van der Waals surface area contributed by atoms with Crippen molar-refractivity contribution < 1.29 is 19.4 Å². The van der Waals surface area contributed by atoms with Crippen LogP contribution in [0.25, 0.3) is 0 Å². The summed E-state index contributed by atoms with van der Waals surface area (Å²) < 4.78 is 0. The van der Waals surface area contributed by atoms with Crippen molar-refractivity contribution in [1.82, 2.24) is 0 Å². The van der Waals surface area contributed by atoms with E-state index in [1.165, 1.54) is 36.4 Å². The molecule has 0 aromatic heterocycles. The van der Waals surface area contributed by atoms with Crippen LogP contribution in [-0.2, 0) is 9.59 Å². The Labute approximate surface area is 191 Å². The number of non-ortho nitro benzene ring substituents is 2. The quantitative estimate of drug-likeness (QED) is 0.247. The van der Waals surface area contributed by atoms with Crippen molar-refractivity contribution in [2.24, 2.45) is 0 Å². The Kier molecular flexibility index (Phi) is 9.46. The van der Waals surface area contributed by atoms with E-state index >= 15 is 0 Å². The number of benzene rings is 2. The molecule has 2 aromatic carbocycles. The maximum absolute atomic E-state index is 12.1. The number of carbonyl (C=O) groups is 2. The minimum Gasteiger partial charge on any atom is -0.326 e. The summed E-state index contributed by atoms with van der Waals surface area (Å²) in [6.07, 6.45) is 4.75. The number of hydrogen-bond acceptors (Lipinski definition) is 6. The third-order valence-electron chi connectivity index (χ3n) is 5.20. The van der Waals surface area contributed by atoms with E-state index in [0.29, 0.717) is 48.2 Å². The Hall–Kier alpha value is -3.82. The average molecular weight is 456 g/mol. The number of carbonyl (C=O) groups excluding carboxylic acids is 2. The number of aryl methyl sites for hydroxylation is 2. The van der Waals surface area contributed by atoms with Crippen LogP contribution >= 0.6 is 0 Å². The zero-order valence-corrected chi connectivity index (χ0v) is 18.8. The molecule has 176 valence electrons. The summed E-state index contributed by atoms with van der Waals surface area (Å²) in [6.45, 7) is 3.42. The molecule has 2 N–H and O–H groups in total. The number of nitro groups is 2. The summed E-state index contributed by atoms with van der Waals surface area (Å²) in [4.78, 5) is 44.8. The van der Waals surface area contributed by atoms with Crippen molar-refractivity contribution >= 4 is 34.6 Å². The van der Waals surface area contributed by atoms with Gasteiger partial charge in [0, 0.05) is 48.5 Å². The highest BCUT2D eigenvalue weighted by Crippen LogP contribution is 2.22. The standard InChI is InChI=1S/C23H28N4O6/c1-16-14-18(26(30)31)10-12-20(16)24-22(28)8-6-4-3-5-7-9-23(29)25-21-13-11-19(27(32)33)15-17(21)2/h10-15H,3-9H2,1-2H3,(H,24,28)(H,25,29). The van der Waals surface area contributed by atoms with E-state index in [9.17, 15) is 29.8 Å². The van der Waals surface area contributed by atoms with Crippen molar-refractivity contribution in [2.75, 3.05) is 10.6 Å². The smallest absolute Gasteiger partial charge is 0.269 e. The van der Waals surface area contributed by atoms with Crippen LogP contribution in [0.1, 0.15) is 56.1 Å². The van der Waals surface area contributed by atoms with Gasteiger partial charge in [-0.25, -0.2) is 0 Å². The zero-order chi connectivity index (χ0) is 24.4. The molecule has 2 rings (SSSR count). The summed E-state index contributed by atoms with van der Waals surface area (Å²) in [7, 11) is 0. The van der Waals surface area contributed by atoms with Crippen molar-refractivity contribution in [3.8, 4) is 0 Å². The Morgan fingerprint density at radius 2 is 1.06 bits per heavy atom. The summed E-state index contributed by atoms with van der Waals surface area (Å²) in [5, 5.41) is 27.1. The Balaban J connectivity index is 1.60. The Bertz CT molecular complexity index is 956. The van der Waals surface area contributed by atoms with Gasteiger partial charge >= 0.3 is 0 Å². The molecule has 0 atom stereocenters. The molecule has 10 nitrogen and oxygen atoms in total. The number of unbranched alkanes of at least 4 members (excludes halogenated alkanes) is 4. The highest BCUT2D eigenvalue weighted by atomic mass is 16.6. The van der Waals surface area contributed by atoms with Crippen LogP contribution in [0.2, 0.25) is 0 Å². The first-order valence-corrected chi connectivity index (χ1v) is 10.8. The average Bonchev–Trinajstić information content (AvgIpc) is 2.75. The number of rotatable bonds is 12. The van der Waals surface area contributed by atoms with Gasteiger partial charge in [-0.1, -0.05) is 19.3 Å². The van der Waals surface area contributed by atoms with Gasteiger partial charge in [0.25, 0.3) is 11.4 Å². The van der Waals surface area contributed by atoms with Crippen LogP contribution in [-0.4, -0.2) is 21.7 Å². The minimum atomic E-state index is -0.473. The van der Waals surface area contributed by atoms with Crippen LogP contribution < -0.4 is 10.6 Å². The number of anilines is 2. The van der Waals surface area contributed by atoms with Crippen LogP contribution in [0, 0.1) is 34.1 Å². The first kappa shape index (κ1) is 25.4. The van der Waals surface area contributed by atoms with Crippen LogP contribution in [0.3, 0.4) is 0 Å². The maximum Gasteiger partial charge on any atom is 0.269 e. The maximum atomic E-state index is 12.1. The lowest BCUT2D eigenvalue weighted by Crippen LogP contribution is -2.12. The van der Waals surface area contributed by atoms with Gasteiger partial charge in [0.05, 0.1) is 9.85 Å². The van der Waals surface area contributed by atoms with E-state index in [1.807, 2.05) is 0 Å². The minimum absolute atomic E-state index is 0.0120. The summed E-state index contributed by atoms with van der Waals surface area (Å²) in [5.74, 6) is -0.269. The highest BCUT2D eigenvalue weighted by Gasteiger charge is 2.11. The molecule has 0 aliphatic heterocycles.